The van der Waals surface area contributed by atoms with E-state index in [0.717, 1.165) is 19.4 Å². The van der Waals surface area contributed by atoms with Crippen molar-refractivity contribution in [3.8, 4) is 0 Å². The zero-order valence-electron chi connectivity index (χ0n) is 12.5. The number of likely N-dealkylation sites (N-methyl/N-ethyl adjacent to an activating group) is 1. The van der Waals surface area contributed by atoms with Crippen molar-refractivity contribution in [1.29, 1.82) is 5.41 Å². The molecule has 0 radical (unpaired) electrons. The van der Waals surface area contributed by atoms with Gasteiger partial charge in [-0.1, -0.05) is 20.8 Å². The summed E-state index contributed by atoms with van der Waals surface area (Å²) in [5.41, 5.74) is 5.47. The van der Waals surface area contributed by atoms with E-state index in [4.69, 9.17) is 11.1 Å². The molecule has 3 N–H and O–H groups in total. The standard InChI is InChI=1S/C14H30N4/c1-5-12-11-18(10-9-17(12)4)8-6-7-14(2,3)13(15)16/h12H,5-11H2,1-4H3,(H3,15,16). The van der Waals surface area contributed by atoms with Gasteiger partial charge >= 0.3 is 0 Å². The number of nitrogens with two attached hydrogens (primary N) is 1. The molecule has 4 nitrogen and oxygen atoms in total. The summed E-state index contributed by atoms with van der Waals surface area (Å²) < 4.78 is 0. The Labute approximate surface area is 112 Å². The molecule has 1 aliphatic rings. The Morgan fingerprint density at radius 2 is 2.06 bits per heavy atom. The van der Waals surface area contributed by atoms with E-state index in [1.165, 1.54) is 26.1 Å². The van der Waals surface area contributed by atoms with Crippen LogP contribution in [0.15, 0.2) is 0 Å². The van der Waals surface area contributed by atoms with Crippen LogP contribution in [0.5, 0.6) is 0 Å². The summed E-state index contributed by atoms with van der Waals surface area (Å²) in [6.45, 7) is 11.1. The van der Waals surface area contributed by atoms with Crippen molar-refractivity contribution < 1.29 is 0 Å². The topological polar surface area (TPSA) is 56.4 Å². The third-order valence-electron chi connectivity index (χ3n) is 4.34. The number of hydrogen-bond donors (Lipinski definition) is 2. The summed E-state index contributed by atoms with van der Waals surface area (Å²) in [5, 5.41) is 7.57. The van der Waals surface area contributed by atoms with Gasteiger partial charge in [-0.15, -0.1) is 0 Å². The number of rotatable bonds is 6. The Bertz CT molecular complexity index is 275. The van der Waals surface area contributed by atoms with Gasteiger partial charge in [0, 0.05) is 31.1 Å². The molecule has 106 valence electrons. The second kappa shape index (κ2) is 6.53. The molecule has 1 atom stereocenters. The maximum absolute atomic E-state index is 7.57. The summed E-state index contributed by atoms with van der Waals surface area (Å²) in [4.78, 5) is 5.03. The van der Waals surface area contributed by atoms with Crippen molar-refractivity contribution in [2.75, 3.05) is 33.2 Å². The van der Waals surface area contributed by atoms with Crippen LogP contribution in [0.25, 0.3) is 0 Å². The second-order valence-electron chi connectivity index (χ2n) is 6.24. The first kappa shape index (κ1) is 15.4. The molecular weight excluding hydrogens is 224 g/mol. The van der Waals surface area contributed by atoms with Crippen LogP contribution in [0, 0.1) is 10.8 Å². The Balaban J connectivity index is 2.30. The fourth-order valence-corrected chi connectivity index (χ4v) is 2.53. The van der Waals surface area contributed by atoms with Crippen molar-refractivity contribution in [3.05, 3.63) is 0 Å². The molecule has 0 aliphatic carbocycles. The predicted octanol–water partition coefficient (Wildman–Crippen LogP) is 1.75. The summed E-state index contributed by atoms with van der Waals surface area (Å²) in [6, 6.07) is 0.708. The second-order valence-corrected chi connectivity index (χ2v) is 6.24. The van der Waals surface area contributed by atoms with Gasteiger partial charge in [0.25, 0.3) is 0 Å². The van der Waals surface area contributed by atoms with E-state index >= 15 is 0 Å². The lowest BCUT2D eigenvalue weighted by Gasteiger charge is -2.39. The maximum atomic E-state index is 7.57. The molecule has 0 bridgehead atoms. The summed E-state index contributed by atoms with van der Waals surface area (Å²) >= 11 is 0. The minimum absolute atomic E-state index is 0.142. The van der Waals surface area contributed by atoms with Gasteiger partial charge in [-0.3, -0.25) is 5.41 Å². The van der Waals surface area contributed by atoms with Crippen LogP contribution in [0.2, 0.25) is 0 Å². The highest BCUT2D eigenvalue weighted by Gasteiger charge is 2.24. The van der Waals surface area contributed by atoms with E-state index in [0.29, 0.717) is 11.9 Å². The molecule has 1 unspecified atom stereocenters. The number of nitrogens with one attached hydrogen (secondary N) is 1. The van der Waals surface area contributed by atoms with Crippen molar-refractivity contribution >= 4 is 5.84 Å². The van der Waals surface area contributed by atoms with Crippen molar-refractivity contribution in [2.24, 2.45) is 11.1 Å². The van der Waals surface area contributed by atoms with Crippen LogP contribution in [0.1, 0.15) is 40.0 Å². The molecule has 1 fully saturated rings. The first-order valence-electron chi connectivity index (χ1n) is 7.14. The number of piperazine rings is 1. The highest BCUT2D eigenvalue weighted by Crippen LogP contribution is 2.22. The highest BCUT2D eigenvalue weighted by molar-refractivity contribution is 5.82. The largest absolute Gasteiger partial charge is 0.387 e. The van der Waals surface area contributed by atoms with E-state index in [-0.39, 0.29) is 5.41 Å². The Kier molecular flexibility index (Phi) is 5.60. The molecule has 0 aromatic carbocycles. The van der Waals surface area contributed by atoms with E-state index < -0.39 is 0 Å². The minimum Gasteiger partial charge on any atom is -0.387 e. The van der Waals surface area contributed by atoms with Gasteiger partial charge < -0.3 is 15.5 Å². The Hall–Kier alpha value is -0.610. The summed E-state index contributed by atoms with van der Waals surface area (Å²) in [5.74, 6) is 0.312. The van der Waals surface area contributed by atoms with Gasteiger partial charge in [-0.05, 0) is 32.9 Å². The Morgan fingerprint density at radius 3 is 2.61 bits per heavy atom. The first-order chi connectivity index (χ1) is 8.36. The minimum atomic E-state index is -0.142. The number of amidine groups is 1. The lowest BCUT2D eigenvalue weighted by molar-refractivity contribution is 0.0907. The average molecular weight is 254 g/mol. The fraction of sp³-hybridized carbons (Fsp3) is 0.929. The van der Waals surface area contributed by atoms with E-state index in [2.05, 4.69) is 37.6 Å². The van der Waals surface area contributed by atoms with Crippen LogP contribution in [0.3, 0.4) is 0 Å². The van der Waals surface area contributed by atoms with Gasteiger partial charge in [0.1, 0.15) is 0 Å². The van der Waals surface area contributed by atoms with E-state index in [1.54, 1.807) is 0 Å². The lowest BCUT2D eigenvalue weighted by atomic mass is 9.86. The first-order valence-corrected chi connectivity index (χ1v) is 7.14. The zero-order valence-corrected chi connectivity index (χ0v) is 12.5. The van der Waals surface area contributed by atoms with Crippen molar-refractivity contribution in [1.82, 2.24) is 9.80 Å². The SMILES string of the molecule is CCC1CN(CCCC(C)(C)C(=N)N)CCN1C. The molecule has 0 spiro atoms. The van der Waals surface area contributed by atoms with Crippen molar-refractivity contribution in [2.45, 2.75) is 46.1 Å². The molecule has 1 aliphatic heterocycles. The van der Waals surface area contributed by atoms with Crippen LogP contribution in [-0.2, 0) is 0 Å². The quantitative estimate of drug-likeness (QED) is 0.561. The molecule has 18 heavy (non-hydrogen) atoms. The van der Waals surface area contributed by atoms with Gasteiger partial charge in [0.15, 0.2) is 0 Å². The molecule has 1 saturated heterocycles. The van der Waals surface area contributed by atoms with Gasteiger partial charge in [0.05, 0.1) is 5.84 Å². The van der Waals surface area contributed by atoms with E-state index in [9.17, 15) is 0 Å². The van der Waals surface area contributed by atoms with Crippen LogP contribution in [-0.4, -0.2) is 54.9 Å². The number of nitrogens with zero attached hydrogens (tertiary/aromatic N) is 2. The van der Waals surface area contributed by atoms with Crippen molar-refractivity contribution in [3.63, 3.8) is 0 Å². The smallest absolute Gasteiger partial charge is 0.0963 e. The molecule has 4 heteroatoms. The van der Waals surface area contributed by atoms with Crippen LogP contribution >= 0.6 is 0 Å². The van der Waals surface area contributed by atoms with Crippen LogP contribution < -0.4 is 5.73 Å². The average Bonchev–Trinajstić information content (AvgIpc) is 2.31. The Morgan fingerprint density at radius 1 is 1.39 bits per heavy atom. The predicted molar refractivity (Wildman–Crippen MR) is 78.1 cm³/mol. The highest BCUT2D eigenvalue weighted by atomic mass is 15.3. The van der Waals surface area contributed by atoms with Gasteiger partial charge in [0.2, 0.25) is 0 Å². The number of hydrogen-bond acceptors (Lipinski definition) is 3. The third-order valence-corrected chi connectivity index (χ3v) is 4.34. The fourth-order valence-electron chi connectivity index (χ4n) is 2.53. The maximum Gasteiger partial charge on any atom is 0.0963 e. The zero-order chi connectivity index (χ0) is 13.8. The van der Waals surface area contributed by atoms with Gasteiger partial charge in [-0.2, -0.15) is 0 Å². The summed E-state index contributed by atoms with van der Waals surface area (Å²) in [6.07, 6.45) is 3.37. The lowest BCUT2D eigenvalue weighted by Crippen LogP contribution is -2.51. The molecular formula is C14H30N4. The van der Waals surface area contributed by atoms with Crippen LogP contribution in [0.4, 0.5) is 0 Å². The van der Waals surface area contributed by atoms with E-state index in [1.807, 2.05) is 0 Å². The molecule has 0 aromatic heterocycles. The molecule has 0 saturated carbocycles. The molecule has 1 heterocycles. The van der Waals surface area contributed by atoms with Gasteiger partial charge in [-0.25, -0.2) is 0 Å². The molecule has 1 rings (SSSR count). The molecule has 0 aromatic rings. The third kappa shape index (κ3) is 4.25. The summed E-state index contributed by atoms with van der Waals surface area (Å²) in [7, 11) is 2.23. The molecule has 0 amide bonds. The normalized spacial score (nSPS) is 23.2. The monoisotopic (exact) mass is 254 g/mol.